The number of aromatic nitrogens is 2. The molecule has 0 fully saturated rings. The molecule has 2 aromatic heterocycles. The fraction of sp³-hybridized carbons (Fsp3) is 0.308. The van der Waals surface area contributed by atoms with Gasteiger partial charge in [-0.3, -0.25) is 4.79 Å². The van der Waals surface area contributed by atoms with Crippen molar-refractivity contribution in [1.82, 2.24) is 15.3 Å². The van der Waals surface area contributed by atoms with Gasteiger partial charge in [0.1, 0.15) is 11.5 Å². The normalized spacial score (nSPS) is 10.2. The summed E-state index contributed by atoms with van der Waals surface area (Å²) in [6.07, 6.45) is 3.74. The highest BCUT2D eigenvalue weighted by molar-refractivity contribution is 7.14. The molecule has 19 heavy (non-hydrogen) atoms. The van der Waals surface area contributed by atoms with Crippen LogP contribution in [0.15, 0.2) is 29.8 Å². The van der Waals surface area contributed by atoms with Crippen LogP contribution in [-0.4, -0.2) is 22.4 Å². The molecule has 2 N–H and O–H groups in total. The number of hydrogen-bond acceptors (Lipinski definition) is 5. The minimum absolute atomic E-state index is 0.126. The lowest BCUT2D eigenvalue weighted by atomic mass is 10.3. The van der Waals surface area contributed by atoms with E-state index in [9.17, 15) is 4.79 Å². The topological polar surface area (TPSA) is 66.9 Å². The second kappa shape index (κ2) is 6.84. The predicted molar refractivity (Wildman–Crippen MR) is 76.9 cm³/mol. The van der Waals surface area contributed by atoms with Gasteiger partial charge in [0.25, 0.3) is 5.91 Å². The van der Waals surface area contributed by atoms with E-state index < -0.39 is 0 Å². The average molecular weight is 276 g/mol. The Morgan fingerprint density at radius 3 is 3.05 bits per heavy atom. The molecule has 6 heteroatoms. The third-order valence-corrected chi connectivity index (χ3v) is 3.21. The molecule has 2 heterocycles. The number of hydrogen-bond donors (Lipinski definition) is 2. The number of pyridine rings is 1. The molecule has 5 nitrogen and oxygen atoms in total. The molecule has 0 aliphatic rings. The summed E-state index contributed by atoms with van der Waals surface area (Å²) in [7, 11) is 0. The summed E-state index contributed by atoms with van der Waals surface area (Å²) < 4.78 is 0. The maximum Gasteiger partial charge on any atom is 0.270 e. The van der Waals surface area contributed by atoms with Crippen LogP contribution in [0.4, 0.5) is 10.9 Å². The molecular formula is C13H16N4OS. The number of unbranched alkanes of at least 4 members (excludes halogenated alkanes) is 1. The lowest BCUT2D eigenvalue weighted by Crippen LogP contribution is -2.24. The summed E-state index contributed by atoms with van der Waals surface area (Å²) in [6.45, 7) is 2.78. The first-order chi connectivity index (χ1) is 9.29. The first-order valence-corrected chi connectivity index (χ1v) is 7.09. The summed E-state index contributed by atoms with van der Waals surface area (Å²) in [4.78, 5) is 20.2. The highest BCUT2D eigenvalue weighted by atomic mass is 32.1. The van der Waals surface area contributed by atoms with E-state index in [-0.39, 0.29) is 5.91 Å². The van der Waals surface area contributed by atoms with Gasteiger partial charge in [-0.2, -0.15) is 0 Å². The highest BCUT2D eigenvalue weighted by Gasteiger charge is 2.10. The number of anilines is 2. The van der Waals surface area contributed by atoms with Gasteiger partial charge >= 0.3 is 0 Å². The molecular weight excluding hydrogens is 260 g/mol. The Morgan fingerprint density at radius 1 is 1.42 bits per heavy atom. The van der Waals surface area contributed by atoms with E-state index in [0.717, 1.165) is 18.7 Å². The van der Waals surface area contributed by atoms with Crippen LogP contribution in [0.5, 0.6) is 0 Å². The molecule has 1 amide bonds. The summed E-state index contributed by atoms with van der Waals surface area (Å²) in [5, 5.41) is 8.31. The van der Waals surface area contributed by atoms with Crippen molar-refractivity contribution in [1.29, 1.82) is 0 Å². The van der Waals surface area contributed by atoms with Crippen LogP contribution >= 0.6 is 11.3 Å². The SMILES string of the molecule is CCCCNC(=O)c1csc(Nc2ccccn2)n1. The van der Waals surface area contributed by atoms with Crippen LogP contribution in [0.25, 0.3) is 0 Å². The van der Waals surface area contributed by atoms with Gasteiger partial charge in [0.15, 0.2) is 5.13 Å². The highest BCUT2D eigenvalue weighted by Crippen LogP contribution is 2.19. The molecule has 0 aliphatic heterocycles. The fourth-order valence-electron chi connectivity index (χ4n) is 1.45. The summed E-state index contributed by atoms with van der Waals surface area (Å²) in [5.74, 6) is 0.591. The molecule has 0 atom stereocenters. The number of thiazole rings is 1. The molecule has 0 saturated heterocycles. The Balaban J connectivity index is 1.93. The molecule has 0 bridgehead atoms. The zero-order valence-electron chi connectivity index (χ0n) is 10.7. The average Bonchev–Trinajstić information content (AvgIpc) is 2.89. The van der Waals surface area contributed by atoms with Crippen molar-refractivity contribution in [2.45, 2.75) is 19.8 Å². The number of nitrogens with zero attached hydrogens (tertiary/aromatic N) is 2. The van der Waals surface area contributed by atoms with Crippen LogP contribution in [-0.2, 0) is 0 Å². The second-order valence-corrected chi connectivity index (χ2v) is 4.85. The molecule has 0 aliphatic carbocycles. The monoisotopic (exact) mass is 276 g/mol. The van der Waals surface area contributed by atoms with E-state index in [1.807, 2.05) is 18.2 Å². The molecule has 100 valence electrons. The minimum atomic E-state index is -0.126. The number of carbonyl (C=O) groups excluding carboxylic acids is 1. The van der Waals surface area contributed by atoms with Gasteiger partial charge in [-0.1, -0.05) is 19.4 Å². The quantitative estimate of drug-likeness (QED) is 0.796. The second-order valence-electron chi connectivity index (χ2n) is 3.99. The van der Waals surface area contributed by atoms with Crippen LogP contribution in [0.2, 0.25) is 0 Å². The van der Waals surface area contributed by atoms with Crippen LogP contribution in [0, 0.1) is 0 Å². The van der Waals surface area contributed by atoms with Crippen molar-refractivity contribution in [3.8, 4) is 0 Å². The third kappa shape index (κ3) is 4.03. The van der Waals surface area contributed by atoms with Gasteiger partial charge < -0.3 is 10.6 Å². The summed E-state index contributed by atoms with van der Waals surface area (Å²) in [6, 6.07) is 5.59. The number of amides is 1. The molecule has 0 unspecified atom stereocenters. The van der Waals surface area contributed by atoms with E-state index in [0.29, 0.717) is 17.4 Å². The Morgan fingerprint density at radius 2 is 2.32 bits per heavy atom. The van der Waals surface area contributed by atoms with Gasteiger partial charge in [-0.05, 0) is 18.6 Å². The van der Waals surface area contributed by atoms with Crippen LogP contribution in [0.3, 0.4) is 0 Å². The number of nitrogens with one attached hydrogen (secondary N) is 2. The Labute approximate surface area is 116 Å². The molecule has 2 aromatic rings. The Hall–Kier alpha value is -1.95. The zero-order valence-corrected chi connectivity index (χ0v) is 11.5. The molecule has 0 saturated carbocycles. The first kappa shape index (κ1) is 13.5. The standard InChI is InChI=1S/C13H16N4OS/c1-2-3-7-15-12(18)10-9-19-13(16-10)17-11-6-4-5-8-14-11/h4-6,8-9H,2-3,7H2,1H3,(H,15,18)(H,14,16,17). The third-order valence-electron chi connectivity index (χ3n) is 2.45. The van der Waals surface area contributed by atoms with Crippen molar-refractivity contribution in [2.24, 2.45) is 0 Å². The van der Waals surface area contributed by atoms with Crippen LogP contribution in [0.1, 0.15) is 30.3 Å². The van der Waals surface area contributed by atoms with Crippen molar-refractivity contribution in [2.75, 3.05) is 11.9 Å². The summed E-state index contributed by atoms with van der Waals surface area (Å²) >= 11 is 1.39. The lowest BCUT2D eigenvalue weighted by molar-refractivity contribution is 0.0949. The van der Waals surface area contributed by atoms with Crippen molar-refractivity contribution >= 4 is 28.2 Å². The van der Waals surface area contributed by atoms with E-state index in [1.54, 1.807) is 11.6 Å². The van der Waals surface area contributed by atoms with Gasteiger partial charge in [0.05, 0.1) is 0 Å². The van der Waals surface area contributed by atoms with E-state index in [1.165, 1.54) is 11.3 Å². The largest absolute Gasteiger partial charge is 0.351 e. The minimum Gasteiger partial charge on any atom is -0.351 e. The Kier molecular flexibility index (Phi) is 4.85. The first-order valence-electron chi connectivity index (χ1n) is 6.21. The van der Waals surface area contributed by atoms with Gasteiger partial charge in [-0.15, -0.1) is 11.3 Å². The lowest BCUT2D eigenvalue weighted by Gasteiger charge is -2.01. The summed E-state index contributed by atoms with van der Waals surface area (Å²) in [5.41, 5.74) is 0.444. The maximum absolute atomic E-state index is 11.8. The van der Waals surface area contributed by atoms with Crippen LogP contribution < -0.4 is 10.6 Å². The zero-order chi connectivity index (χ0) is 13.5. The Bertz CT molecular complexity index is 526. The number of rotatable bonds is 6. The van der Waals surface area contributed by atoms with Gasteiger partial charge in [0.2, 0.25) is 0 Å². The van der Waals surface area contributed by atoms with Gasteiger partial charge in [0, 0.05) is 18.1 Å². The smallest absolute Gasteiger partial charge is 0.270 e. The molecule has 2 rings (SSSR count). The van der Waals surface area contributed by atoms with E-state index in [2.05, 4.69) is 27.5 Å². The maximum atomic E-state index is 11.8. The van der Waals surface area contributed by atoms with E-state index in [4.69, 9.17) is 0 Å². The van der Waals surface area contributed by atoms with E-state index >= 15 is 0 Å². The van der Waals surface area contributed by atoms with Crippen molar-refractivity contribution in [3.63, 3.8) is 0 Å². The van der Waals surface area contributed by atoms with Crippen molar-refractivity contribution in [3.05, 3.63) is 35.5 Å². The molecule has 0 aromatic carbocycles. The fourth-order valence-corrected chi connectivity index (χ4v) is 2.15. The molecule has 0 spiro atoms. The number of carbonyl (C=O) groups is 1. The predicted octanol–water partition coefficient (Wildman–Crippen LogP) is 2.81. The molecule has 0 radical (unpaired) electrons. The van der Waals surface area contributed by atoms with Crippen molar-refractivity contribution < 1.29 is 4.79 Å². The van der Waals surface area contributed by atoms with Gasteiger partial charge in [-0.25, -0.2) is 9.97 Å².